The van der Waals surface area contributed by atoms with Crippen molar-refractivity contribution in [1.29, 1.82) is 0 Å². The quantitative estimate of drug-likeness (QED) is 0.186. The van der Waals surface area contributed by atoms with Gasteiger partial charge in [0.15, 0.2) is 23.3 Å². The maximum absolute atomic E-state index is 15.2. The summed E-state index contributed by atoms with van der Waals surface area (Å²) in [6.45, 7) is 1.78. The number of amides is 1. The largest absolute Gasteiger partial charge is 0.478 e. The van der Waals surface area contributed by atoms with Crippen molar-refractivity contribution in [3.63, 3.8) is 0 Å². The van der Waals surface area contributed by atoms with Crippen LogP contribution in [0.1, 0.15) is 52.0 Å². The standard InChI is InChI=1S/C33H28F3N5O5S/c1-18-9-11-22(12-10-18)47(45,46)41-17-26(25-13-19(34)14-27(35)29(25)41)30-37-16-28(36)31(40-30)38-20-5-4-6-21(15-20)39-32(42)23-7-2-3-8-24(23)33(43)44/h2-3,7-14,16-17,20-21H,4-6,15H2,1H3,(H,39,42)(H,43,44)(H,37,38,40). The van der Waals surface area contributed by atoms with Gasteiger partial charge in [-0.2, -0.15) is 0 Å². The lowest BCUT2D eigenvalue weighted by Crippen LogP contribution is -2.42. The molecule has 0 aliphatic heterocycles. The summed E-state index contributed by atoms with van der Waals surface area (Å²) in [6.07, 6.45) is 4.20. The van der Waals surface area contributed by atoms with E-state index in [1.54, 1.807) is 25.1 Å². The Morgan fingerprint density at radius 3 is 2.38 bits per heavy atom. The second kappa shape index (κ2) is 12.5. The van der Waals surface area contributed by atoms with E-state index in [0.29, 0.717) is 35.7 Å². The maximum atomic E-state index is 15.2. The molecule has 1 aliphatic carbocycles. The molecule has 2 unspecified atom stereocenters. The van der Waals surface area contributed by atoms with Gasteiger partial charge in [0.25, 0.3) is 15.9 Å². The molecule has 1 fully saturated rings. The van der Waals surface area contributed by atoms with Crippen LogP contribution in [0.25, 0.3) is 22.3 Å². The lowest BCUT2D eigenvalue weighted by atomic mass is 9.90. The van der Waals surface area contributed by atoms with E-state index in [9.17, 15) is 27.5 Å². The smallest absolute Gasteiger partial charge is 0.336 e. The summed E-state index contributed by atoms with van der Waals surface area (Å²) in [7, 11) is -4.35. The Kier molecular flexibility index (Phi) is 8.45. The highest BCUT2D eigenvalue weighted by molar-refractivity contribution is 7.90. The first-order valence-corrected chi connectivity index (χ1v) is 16.1. The van der Waals surface area contributed by atoms with Crippen molar-refractivity contribution in [2.24, 2.45) is 0 Å². The molecule has 14 heteroatoms. The fourth-order valence-electron chi connectivity index (χ4n) is 5.81. The fraction of sp³-hybridized carbons (Fsp3) is 0.212. The Labute approximate surface area is 267 Å². The number of fused-ring (bicyclic) bond motifs is 1. The molecule has 0 spiro atoms. The molecule has 0 bridgehead atoms. The van der Waals surface area contributed by atoms with Gasteiger partial charge < -0.3 is 15.7 Å². The summed E-state index contributed by atoms with van der Waals surface area (Å²) in [5.41, 5.74) is 0.254. The monoisotopic (exact) mass is 663 g/mol. The van der Waals surface area contributed by atoms with Crippen LogP contribution in [-0.4, -0.2) is 51.4 Å². The van der Waals surface area contributed by atoms with Crippen LogP contribution in [0.3, 0.4) is 0 Å². The number of carboxylic acids is 1. The molecule has 10 nitrogen and oxygen atoms in total. The number of nitrogens with one attached hydrogen (secondary N) is 2. The number of nitrogens with zero attached hydrogens (tertiary/aromatic N) is 3. The summed E-state index contributed by atoms with van der Waals surface area (Å²) in [5, 5.41) is 15.2. The van der Waals surface area contributed by atoms with Gasteiger partial charge in [0.2, 0.25) is 0 Å². The number of aromatic carboxylic acids is 1. The fourth-order valence-corrected chi connectivity index (χ4v) is 7.19. The van der Waals surface area contributed by atoms with E-state index in [4.69, 9.17) is 0 Å². The molecule has 1 aliphatic rings. The normalized spacial score (nSPS) is 16.6. The first kappa shape index (κ1) is 31.7. The number of hydrogen-bond acceptors (Lipinski definition) is 7. The molecule has 2 heterocycles. The second-order valence-electron chi connectivity index (χ2n) is 11.4. The van der Waals surface area contributed by atoms with Gasteiger partial charge in [-0.1, -0.05) is 29.8 Å². The van der Waals surface area contributed by atoms with E-state index in [1.165, 1.54) is 30.3 Å². The molecule has 6 rings (SSSR count). The van der Waals surface area contributed by atoms with Crippen LogP contribution in [0, 0.1) is 24.4 Å². The highest BCUT2D eigenvalue weighted by Gasteiger charge is 2.28. The maximum Gasteiger partial charge on any atom is 0.336 e. The molecule has 2 aromatic heterocycles. The summed E-state index contributed by atoms with van der Waals surface area (Å²) in [4.78, 5) is 32.7. The number of hydrogen-bond donors (Lipinski definition) is 3. The lowest BCUT2D eigenvalue weighted by molar-refractivity contribution is 0.0690. The zero-order valence-corrected chi connectivity index (χ0v) is 25.7. The number of anilines is 1. The minimum atomic E-state index is -4.35. The Morgan fingerprint density at radius 2 is 1.66 bits per heavy atom. The van der Waals surface area contributed by atoms with E-state index in [0.717, 1.165) is 24.0 Å². The van der Waals surface area contributed by atoms with Crippen molar-refractivity contribution in [3.05, 3.63) is 107 Å². The number of aryl methyl sites for hydroxylation is 1. The predicted octanol–water partition coefficient (Wildman–Crippen LogP) is 5.91. The summed E-state index contributed by atoms with van der Waals surface area (Å²) >= 11 is 0. The average molecular weight is 664 g/mol. The second-order valence-corrected chi connectivity index (χ2v) is 13.2. The van der Waals surface area contributed by atoms with Crippen molar-refractivity contribution in [2.45, 2.75) is 49.6 Å². The molecule has 47 heavy (non-hydrogen) atoms. The van der Waals surface area contributed by atoms with Gasteiger partial charge in [0, 0.05) is 35.3 Å². The molecule has 5 aromatic rings. The van der Waals surface area contributed by atoms with Gasteiger partial charge in [0.05, 0.1) is 22.2 Å². The van der Waals surface area contributed by atoms with Crippen molar-refractivity contribution in [1.82, 2.24) is 19.3 Å². The number of carboxylic acid groups (broad SMARTS) is 1. The van der Waals surface area contributed by atoms with E-state index >= 15 is 8.78 Å². The SMILES string of the molecule is Cc1ccc(S(=O)(=O)n2cc(-c3ncc(F)c(NC4CCCC(NC(=O)c5ccccc5C(=O)O)C4)n3)c3cc(F)cc(F)c32)cc1. The van der Waals surface area contributed by atoms with E-state index in [2.05, 4.69) is 20.6 Å². The molecule has 1 amide bonds. The van der Waals surface area contributed by atoms with Crippen LogP contribution in [0.4, 0.5) is 19.0 Å². The van der Waals surface area contributed by atoms with Crippen LogP contribution >= 0.6 is 0 Å². The topological polar surface area (TPSA) is 143 Å². The third kappa shape index (κ3) is 6.28. The minimum Gasteiger partial charge on any atom is -0.478 e. The molecular formula is C33H28F3N5O5S. The van der Waals surface area contributed by atoms with Gasteiger partial charge in [-0.3, -0.25) is 4.79 Å². The van der Waals surface area contributed by atoms with E-state index in [1.807, 2.05) is 0 Å². The minimum absolute atomic E-state index is 0.0259. The highest BCUT2D eigenvalue weighted by Crippen LogP contribution is 2.35. The van der Waals surface area contributed by atoms with Crippen molar-refractivity contribution in [2.75, 3.05) is 5.32 Å². The van der Waals surface area contributed by atoms with Crippen molar-refractivity contribution in [3.8, 4) is 11.4 Å². The number of carbonyl (C=O) groups excluding carboxylic acids is 1. The van der Waals surface area contributed by atoms with Gasteiger partial charge in [-0.05, 0) is 62.9 Å². The van der Waals surface area contributed by atoms with Gasteiger partial charge in [0.1, 0.15) is 11.3 Å². The van der Waals surface area contributed by atoms with E-state index < -0.39 is 44.9 Å². The van der Waals surface area contributed by atoms with Crippen LogP contribution in [0.2, 0.25) is 0 Å². The van der Waals surface area contributed by atoms with Crippen LogP contribution in [0.15, 0.2) is 78.0 Å². The Morgan fingerprint density at radius 1 is 0.957 bits per heavy atom. The van der Waals surface area contributed by atoms with Crippen LogP contribution in [-0.2, 0) is 10.0 Å². The first-order valence-electron chi connectivity index (χ1n) is 14.7. The van der Waals surface area contributed by atoms with Crippen molar-refractivity contribution < 1.29 is 36.3 Å². The number of benzene rings is 3. The molecule has 3 N–H and O–H groups in total. The zero-order valence-electron chi connectivity index (χ0n) is 24.9. The van der Waals surface area contributed by atoms with E-state index in [-0.39, 0.29) is 50.7 Å². The van der Waals surface area contributed by atoms with Gasteiger partial charge >= 0.3 is 5.97 Å². The summed E-state index contributed by atoms with van der Waals surface area (Å²) in [6, 6.07) is 12.6. The number of aromatic nitrogens is 3. The van der Waals surface area contributed by atoms with Gasteiger partial charge in [-0.15, -0.1) is 0 Å². The Hall–Kier alpha value is -5.24. The molecule has 3 aromatic carbocycles. The number of rotatable bonds is 8. The highest BCUT2D eigenvalue weighted by atomic mass is 32.2. The lowest BCUT2D eigenvalue weighted by Gasteiger charge is -2.31. The number of halogens is 3. The van der Waals surface area contributed by atoms with Gasteiger partial charge in [-0.25, -0.2) is 40.3 Å². The third-order valence-corrected chi connectivity index (χ3v) is 9.77. The average Bonchev–Trinajstić information content (AvgIpc) is 3.43. The molecule has 2 atom stereocenters. The third-order valence-electron chi connectivity index (χ3n) is 8.10. The molecule has 1 saturated carbocycles. The summed E-state index contributed by atoms with van der Waals surface area (Å²) in [5.74, 6) is -5.05. The van der Waals surface area contributed by atoms with Crippen LogP contribution in [0.5, 0.6) is 0 Å². The molecule has 0 radical (unpaired) electrons. The van der Waals surface area contributed by atoms with Crippen molar-refractivity contribution >= 4 is 38.6 Å². The predicted molar refractivity (Wildman–Crippen MR) is 167 cm³/mol. The molecule has 242 valence electrons. The Bertz CT molecular complexity index is 2140. The molecular weight excluding hydrogens is 635 g/mol. The zero-order chi connectivity index (χ0) is 33.5. The molecule has 0 saturated heterocycles. The first-order chi connectivity index (χ1) is 22.4. The Balaban J connectivity index is 1.29. The van der Waals surface area contributed by atoms with Crippen LogP contribution < -0.4 is 10.6 Å². The summed E-state index contributed by atoms with van der Waals surface area (Å²) < 4.78 is 72.6. The number of carbonyl (C=O) groups is 2.